The van der Waals surface area contributed by atoms with Crippen molar-refractivity contribution in [3.63, 3.8) is 0 Å². The van der Waals surface area contributed by atoms with E-state index in [4.69, 9.17) is 0 Å². The first-order valence-corrected chi connectivity index (χ1v) is 8.13. The highest BCUT2D eigenvalue weighted by molar-refractivity contribution is 4.95. The molecule has 2 rings (SSSR count). The van der Waals surface area contributed by atoms with Gasteiger partial charge in [-0.2, -0.15) is 0 Å². The van der Waals surface area contributed by atoms with Crippen LogP contribution in [0.2, 0.25) is 0 Å². The zero-order chi connectivity index (χ0) is 14.0. The Hall–Kier alpha value is -0.120. The fourth-order valence-electron chi connectivity index (χ4n) is 3.78. The minimum atomic E-state index is 0.720. The van der Waals surface area contributed by atoms with Crippen molar-refractivity contribution in [3.8, 4) is 0 Å². The lowest BCUT2D eigenvalue weighted by atomic mass is 9.95. The number of fused-ring (bicyclic) bond motifs is 1. The molecular formula is C16H33N3. The van der Waals surface area contributed by atoms with Crippen molar-refractivity contribution in [1.29, 1.82) is 0 Å². The monoisotopic (exact) mass is 267 g/mol. The first kappa shape index (κ1) is 15.3. The molecular weight excluding hydrogens is 234 g/mol. The van der Waals surface area contributed by atoms with E-state index in [9.17, 15) is 0 Å². The van der Waals surface area contributed by atoms with Crippen LogP contribution in [0.25, 0.3) is 0 Å². The number of piperazine rings is 1. The minimum absolute atomic E-state index is 0.720. The van der Waals surface area contributed by atoms with E-state index < -0.39 is 0 Å². The molecule has 112 valence electrons. The van der Waals surface area contributed by atoms with E-state index in [2.05, 4.69) is 49.6 Å². The summed E-state index contributed by atoms with van der Waals surface area (Å²) in [6.45, 7) is 12.4. The summed E-state index contributed by atoms with van der Waals surface area (Å²) in [7, 11) is 4.36. The first-order valence-electron chi connectivity index (χ1n) is 8.13. The zero-order valence-electron chi connectivity index (χ0n) is 13.6. The highest BCUT2D eigenvalue weighted by Crippen LogP contribution is 2.29. The van der Waals surface area contributed by atoms with Crippen LogP contribution in [-0.2, 0) is 0 Å². The lowest BCUT2D eigenvalue weighted by Gasteiger charge is -2.48. The summed E-state index contributed by atoms with van der Waals surface area (Å²) in [5.41, 5.74) is 0. The molecule has 2 heterocycles. The second-order valence-corrected chi connectivity index (χ2v) is 7.24. The van der Waals surface area contributed by atoms with Gasteiger partial charge in [0.1, 0.15) is 0 Å². The Morgan fingerprint density at radius 3 is 2.53 bits per heavy atom. The van der Waals surface area contributed by atoms with Crippen molar-refractivity contribution < 1.29 is 0 Å². The van der Waals surface area contributed by atoms with E-state index >= 15 is 0 Å². The van der Waals surface area contributed by atoms with Gasteiger partial charge in [0, 0.05) is 31.2 Å². The summed E-state index contributed by atoms with van der Waals surface area (Å²) >= 11 is 0. The van der Waals surface area contributed by atoms with Crippen LogP contribution in [0.15, 0.2) is 0 Å². The van der Waals surface area contributed by atoms with E-state index in [1.807, 2.05) is 0 Å². The highest BCUT2D eigenvalue weighted by atomic mass is 15.3. The quantitative estimate of drug-likeness (QED) is 0.755. The largest absolute Gasteiger partial charge is 0.309 e. The molecule has 0 aromatic carbocycles. The molecule has 2 fully saturated rings. The van der Waals surface area contributed by atoms with E-state index in [1.165, 1.54) is 45.4 Å². The van der Waals surface area contributed by atoms with Gasteiger partial charge >= 0.3 is 0 Å². The summed E-state index contributed by atoms with van der Waals surface area (Å²) in [5, 5.41) is 0. The van der Waals surface area contributed by atoms with Crippen LogP contribution in [-0.4, -0.2) is 73.1 Å². The van der Waals surface area contributed by atoms with Gasteiger partial charge < -0.3 is 4.90 Å². The first-order chi connectivity index (χ1) is 8.99. The molecule has 19 heavy (non-hydrogen) atoms. The molecule has 0 amide bonds. The van der Waals surface area contributed by atoms with Crippen molar-refractivity contribution in [3.05, 3.63) is 0 Å². The van der Waals surface area contributed by atoms with Gasteiger partial charge in [-0.05, 0) is 59.3 Å². The van der Waals surface area contributed by atoms with Gasteiger partial charge in [-0.1, -0.05) is 13.8 Å². The molecule has 0 spiro atoms. The predicted octanol–water partition coefficient (Wildman–Crippen LogP) is 2.13. The van der Waals surface area contributed by atoms with Gasteiger partial charge in [-0.3, -0.25) is 9.80 Å². The van der Waals surface area contributed by atoms with Gasteiger partial charge in [-0.15, -0.1) is 0 Å². The Kier molecular flexibility index (Phi) is 5.27. The topological polar surface area (TPSA) is 9.72 Å². The molecule has 3 unspecified atom stereocenters. The van der Waals surface area contributed by atoms with Crippen molar-refractivity contribution in [2.24, 2.45) is 5.92 Å². The third-order valence-corrected chi connectivity index (χ3v) is 5.10. The van der Waals surface area contributed by atoms with Crippen LogP contribution in [0.5, 0.6) is 0 Å². The summed E-state index contributed by atoms with van der Waals surface area (Å²) in [6, 6.07) is 2.32. The molecule has 0 aromatic heterocycles. The molecule has 0 aliphatic carbocycles. The van der Waals surface area contributed by atoms with E-state index in [1.54, 1.807) is 0 Å². The number of rotatable bonds is 5. The molecule has 0 aromatic rings. The lowest BCUT2D eigenvalue weighted by molar-refractivity contribution is 0.00125. The van der Waals surface area contributed by atoms with Crippen LogP contribution >= 0.6 is 0 Å². The van der Waals surface area contributed by atoms with Crippen molar-refractivity contribution in [2.75, 3.05) is 40.3 Å². The van der Waals surface area contributed by atoms with Crippen LogP contribution in [0, 0.1) is 5.92 Å². The van der Waals surface area contributed by atoms with Gasteiger partial charge in [0.25, 0.3) is 0 Å². The highest BCUT2D eigenvalue weighted by Gasteiger charge is 2.38. The fraction of sp³-hybridized carbons (Fsp3) is 1.00. The van der Waals surface area contributed by atoms with E-state index in [-0.39, 0.29) is 0 Å². The second kappa shape index (κ2) is 6.55. The average Bonchev–Trinajstić information content (AvgIpc) is 2.81. The van der Waals surface area contributed by atoms with E-state index in [0.29, 0.717) is 0 Å². The second-order valence-electron chi connectivity index (χ2n) is 7.24. The van der Waals surface area contributed by atoms with Crippen LogP contribution < -0.4 is 0 Å². The molecule has 0 saturated carbocycles. The Balaban J connectivity index is 1.98. The zero-order valence-corrected chi connectivity index (χ0v) is 13.6. The van der Waals surface area contributed by atoms with E-state index in [0.717, 1.165) is 24.0 Å². The number of hydrogen-bond acceptors (Lipinski definition) is 3. The Bertz CT molecular complexity index is 277. The smallest absolute Gasteiger partial charge is 0.0249 e. The Labute approximate surface area is 119 Å². The standard InChI is InChI=1S/C16H33N3/c1-13(2)16-12-18-9-6-7-15(18)11-19(16)14(3)8-10-17(4)5/h13-16H,6-12H2,1-5H3. The van der Waals surface area contributed by atoms with Gasteiger partial charge in [0.15, 0.2) is 0 Å². The average molecular weight is 267 g/mol. The summed E-state index contributed by atoms with van der Waals surface area (Å²) < 4.78 is 0. The molecule has 2 saturated heterocycles. The van der Waals surface area contributed by atoms with Crippen molar-refractivity contribution >= 4 is 0 Å². The lowest BCUT2D eigenvalue weighted by Crippen LogP contribution is -2.60. The Morgan fingerprint density at radius 2 is 1.89 bits per heavy atom. The molecule has 0 N–H and O–H groups in total. The van der Waals surface area contributed by atoms with Crippen LogP contribution in [0.4, 0.5) is 0 Å². The maximum atomic E-state index is 2.82. The molecule has 2 aliphatic heterocycles. The maximum Gasteiger partial charge on any atom is 0.0249 e. The summed E-state index contributed by atoms with van der Waals surface area (Å²) in [5.74, 6) is 0.767. The number of nitrogens with zero attached hydrogens (tertiary/aromatic N) is 3. The maximum absolute atomic E-state index is 2.82. The third-order valence-electron chi connectivity index (χ3n) is 5.10. The molecule has 3 atom stereocenters. The predicted molar refractivity (Wildman–Crippen MR) is 82.6 cm³/mol. The Morgan fingerprint density at radius 1 is 1.16 bits per heavy atom. The molecule has 3 heteroatoms. The minimum Gasteiger partial charge on any atom is -0.309 e. The molecule has 2 aliphatic rings. The SMILES string of the molecule is CC(C)C1CN2CCCC2CN1C(C)CCN(C)C. The summed E-state index contributed by atoms with van der Waals surface area (Å²) in [4.78, 5) is 7.88. The van der Waals surface area contributed by atoms with Crippen molar-refractivity contribution in [2.45, 2.75) is 58.2 Å². The summed E-state index contributed by atoms with van der Waals surface area (Å²) in [6.07, 6.45) is 4.13. The molecule has 3 nitrogen and oxygen atoms in total. The van der Waals surface area contributed by atoms with Gasteiger partial charge in [-0.25, -0.2) is 0 Å². The van der Waals surface area contributed by atoms with Gasteiger partial charge in [0.2, 0.25) is 0 Å². The third kappa shape index (κ3) is 3.71. The molecule has 0 radical (unpaired) electrons. The van der Waals surface area contributed by atoms with Crippen LogP contribution in [0.3, 0.4) is 0 Å². The van der Waals surface area contributed by atoms with Gasteiger partial charge in [0.05, 0.1) is 0 Å². The fourth-order valence-corrected chi connectivity index (χ4v) is 3.78. The number of hydrogen-bond donors (Lipinski definition) is 0. The molecule has 0 bridgehead atoms. The normalized spacial score (nSPS) is 31.1. The van der Waals surface area contributed by atoms with Crippen molar-refractivity contribution in [1.82, 2.24) is 14.7 Å². The van der Waals surface area contributed by atoms with Crippen LogP contribution in [0.1, 0.15) is 40.0 Å².